The van der Waals surface area contributed by atoms with Crippen LogP contribution in [0.15, 0.2) is 28.7 Å². The van der Waals surface area contributed by atoms with E-state index < -0.39 is 0 Å². The van der Waals surface area contributed by atoms with Gasteiger partial charge in [-0.3, -0.25) is 0 Å². The molecule has 2 rings (SSSR count). The van der Waals surface area contributed by atoms with Crippen LogP contribution in [0.5, 0.6) is 0 Å². The van der Waals surface area contributed by atoms with Gasteiger partial charge in [0.05, 0.1) is 5.69 Å². The van der Waals surface area contributed by atoms with Gasteiger partial charge in [-0.1, -0.05) is 12.1 Å². The van der Waals surface area contributed by atoms with Crippen molar-refractivity contribution in [2.75, 3.05) is 18.0 Å². The normalized spacial score (nSPS) is 22.3. The first kappa shape index (κ1) is 9.03. The minimum absolute atomic E-state index is 0.340. The van der Waals surface area contributed by atoms with Gasteiger partial charge in [0.15, 0.2) is 0 Å². The van der Waals surface area contributed by atoms with E-state index in [4.69, 9.17) is 5.73 Å². The molecule has 1 aromatic rings. The lowest BCUT2D eigenvalue weighted by Crippen LogP contribution is -2.26. The Hall–Kier alpha value is -0.540. The zero-order chi connectivity index (χ0) is 9.26. The van der Waals surface area contributed by atoms with E-state index in [0.717, 1.165) is 24.0 Å². The average molecular weight is 241 g/mol. The molecule has 1 aliphatic heterocycles. The second-order valence-electron chi connectivity index (χ2n) is 3.45. The lowest BCUT2D eigenvalue weighted by atomic mass is 10.3. The minimum atomic E-state index is 0.340. The lowest BCUT2D eigenvalue weighted by molar-refractivity contribution is 0.752. The molecule has 1 fully saturated rings. The van der Waals surface area contributed by atoms with Crippen LogP contribution in [-0.4, -0.2) is 19.1 Å². The van der Waals surface area contributed by atoms with Crippen LogP contribution < -0.4 is 10.6 Å². The minimum Gasteiger partial charge on any atom is -0.369 e. The van der Waals surface area contributed by atoms with Crippen molar-refractivity contribution in [1.82, 2.24) is 0 Å². The zero-order valence-corrected chi connectivity index (χ0v) is 9.00. The fraction of sp³-hybridized carbons (Fsp3) is 0.400. The van der Waals surface area contributed by atoms with Crippen LogP contribution in [0.3, 0.4) is 0 Å². The summed E-state index contributed by atoms with van der Waals surface area (Å²) in [5.74, 6) is 0. The highest BCUT2D eigenvalue weighted by Gasteiger charge is 2.20. The Morgan fingerprint density at radius 2 is 2.15 bits per heavy atom. The van der Waals surface area contributed by atoms with Gasteiger partial charge in [0.1, 0.15) is 0 Å². The van der Waals surface area contributed by atoms with E-state index in [1.165, 1.54) is 5.69 Å². The van der Waals surface area contributed by atoms with Gasteiger partial charge in [-0.2, -0.15) is 0 Å². The highest BCUT2D eigenvalue weighted by Crippen LogP contribution is 2.27. The van der Waals surface area contributed by atoms with Crippen molar-refractivity contribution in [3.05, 3.63) is 28.7 Å². The number of benzene rings is 1. The first-order valence-corrected chi connectivity index (χ1v) is 5.32. The van der Waals surface area contributed by atoms with Crippen molar-refractivity contribution in [3.63, 3.8) is 0 Å². The highest BCUT2D eigenvalue weighted by molar-refractivity contribution is 9.10. The number of hydrogen-bond donors (Lipinski definition) is 1. The molecular formula is C10H13BrN2. The molecule has 0 unspecified atom stereocenters. The topological polar surface area (TPSA) is 29.3 Å². The Balaban J connectivity index is 2.21. The molecule has 0 aliphatic carbocycles. The summed E-state index contributed by atoms with van der Waals surface area (Å²) in [6, 6.07) is 8.63. The van der Waals surface area contributed by atoms with Gasteiger partial charge in [0.25, 0.3) is 0 Å². The molecule has 0 saturated carbocycles. The summed E-state index contributed by atoms with van der Waals surface area (Å²) in [5, 5.41) is 0. The summed E-state index contributed by atoms with van der Waals surface area (Å²) in [6.45, 7) is 2.05. The van der Waals surface area contributed by atoms with Crippen molar-refractivity contribution in [1.29, 1.82) is 0 Å². The molecule has 2 N–H and O–H groups in total. The predicted octanol–water partition coefficient (Wildman–Crippen LogP) is 1.99. The molecule has 1 aliphatic rings. The zero-order valence-electron chi connectivity index (χ0n) is 7.41. The van der Waals surface area contributed by atoms with Gasteiger partial charge in [-0.15, -0.1) is 0 Å². The summed E-state index contributed by atoms with van der Waals surface area (Å²) in [6.07, 6.45) is 1.10. The number of nitrogens with two attached hydrogens (primary N) is 1. The van der Waals surface area contributed by atoms with E-state index in [1.807, 2.05) is 6.07 Å². The maximum absolute atomic E-state index is 5.86. The average Bonchev–Trinajstić information content (AvgIpc) is 2.53. The fourth-order valence-electron chi connectivity index (χ4n) is 1.71. The van der Waals surface area contributed by atoms with E-state index in [2.05, 4.69) is 39.0 Å². The molecule has 1 atom stereocenters. The third kappa shape index (κ3) is 1.86. The van der Waals surface area contributed by atoms with Crippen molar-refractivity contribution in [2.24, 2.45) is 5.73 Å². The van der Waals surface area contributed by atoms with Crippen LogP contribution in [0.1, 0.15) is 6.42 Å². The largest absolute Gasteiger partial charge is 0.369 e. The van der Waals surface area contributed by atoms with E-state index in [9.17, 15) is 0 Å². The molecule has 70 valence electrons. The molecule has 0 aromatic heterocycles. The van der Waals surface area contributed by atoms with Crippen molar-refractivity contribution in [2.45, 2.75) is 12.5 Å². The molecule has 2 nitrogen and oxygen atoms in total. The molecule has 1 saturated heterocycles. The maximum atomic E-state index is 5.86. The molecule has 0 spiro atoms. The van der Waals surface area contributed by atoms with Crippen LogP contribution in [-0.2, 0) is 0 Å². The fourth-order valence-corrected chi connectivity index (χ4v) is 2.25. The molecule has 0 amide bonds. The van der Waals surface area contributed by atoms with Crippen molar-refractivity contribution < 1.29 is 0 Å². The number of hydrogen-bond acceptors (Lipinski definition) is 2. The maximum Gasteiger partial charge on any atom is 0.0511 e. The van der Waals surface area contributed by atoms with E-state index >= 15 is 0 Å². The molecular weight excluding hydrogens is 228 g/mol. The summed E-state index contributed by atoms with van der Waals surface area (Å²) < 4.78 is 1.16. The number of nitrogens with zero attached hydrogens (tertiary/aromatic N) is 1. The van der Waals surface area contributed by atoms with Crippen molar-refractivity contribution in [3.8, 4) is 0 Å². The Morgan fingerprint density at radius 1 is 1.38 bits per heavy atom. The number of para-hydroxylation sites is 1. The molecule has 1 aromatic carbocycles. The van der Waals surface area contributed by atoms with Crippen LogP contribution in [0.4, 0.5) is 5.69 Å². The first-order chi connectivity index (χ1) is 6.27. The molecule has 0 bridgehead atoms. The first-order valence-electron chi connectivity index (χ1n) is 4.52. The van der Waals surface area contributed by atoms with Crippen LogP contribution in [0.25, 0.3) is 0 Å². The number of anilines is 1. The van der Waals surface area contributed by atoms with Crippen LogP contribution >= 0.6 is 15.9 Å². The van der Waals surface area contributed by atoms with Gasteiger partial charge in [0, 0.05) is 23.6 Å². The third-order valence-electron chi connectivity index (χ3n) is 2.42. The third-order valence-corrected chi connectivity index (χ3v) is 3.09. The summed E-state index contributed by atoms with van der Waals surface area (Å²) in [5.41, 5.74) is 7.12. The SMILES string of the molecule is N[C@@H]1CCN(c2ccccc2Br)C1. The van der Waals surface area contributed by atoms with Gasteiger partial charge in [-0.25, -0.2) is 0 Å². The second kappa shape index (κ2) is 3.68. The van der Waals surface area contributed by atoms with Gasteiger partial charge >= 0.3 is 0 Å². The smallest absolute Gasteiger partial charge is 0.0511 e. The standard InChI is InChI=1S/C10H13BrN2/c11-9-3-1-2-4-10(9)13-6-5-8(12)7-13/h1-4,8H,5-7,12H2/t8-/m1/s1. The van der Waals surface area contributed by atoms with Gasteiger partial charge in [0.2, 0.25) is 0 Å². The van der Waals surface area contributed by atoms with Gasteiger partial charge < -0.3 is 10.6 Å². The van der Waals surface area contributed by atoms with Crippen molar-refractivity contribution >= 4 is 21.6 Å². The lowest BCUT2D eigenvalue weighted by Gasteiger charge is -2.19. The van der Waals surface area contributed by atoms with E-state index in [1.54, 1.807) is 0 Å². The predicted molar refractivity (Wildman–Crippen MR) is 58.9 cm³/mol. The Bertz CT molecular complexity index is 301. The van der Waals surface area contributed by atoms with Crippen LogP contribution in [0, 0.1) is 0 Å². The number of rotatable bonds is 1. The van der Waals surface area contributed by atoms with E-state index in [-0.39, 0.29) is 0 Å². The molecule has 13 heavy (non-hydrogen) atoms. The second-order valence-corrected chi connectivity index (χ2v) is 4.30. The molecule has 3 heteroatoms. The monoisotopic (exact) mass is 240 g/mol. The summed E-state index contributed by atoms with van der Waals surface area (Å²) >= 11 is 3.54. The summed E-state index contributed by atoms with van der Waals surface area (Å²) in [4.78, 5) is 2.33. The van der Waals surface area contributed by atoms with Gasteiger partial charge in [-0.05, 0) is 34.5 Å². The summed E-state index contributed by atoms with van der Waals surface area (Å²) in [7, 11) is 0. The quantitative estimate of drug-likeness (QED) is 0.814. The molecule has 0 radical (unpaired) electrons. The Morgan fingerprint density at radius 3 is 2.77 bits per heavy atom. The molecule has 1 heterocycles. The van der Waals surface area contributed by atoms with E-state index in [0.29, 0.717) is 6.04 Å². The Kier molecular flexibility index (Phi) is 2.56. The highest BCUT2D eigenvalue weighted by atomic mass is 79.9. The van der Waals surface area contributed by atoms with Crippen LogP contribution in [0.2, 0.25) is 0 Å². The Labute approximate surface area is 86.9 Å². The number of halogens is 1.